The summed E-state index contributed by atoms with van der Waals surface area (Å²) in [5, 5.41) is 2.95. The lowest BCUT2D eigenvalue weighted by Gasteiger charge is -2.18. The van der Waals surface area contributed by atoms with Crippen molar-refractivity contribution in [3.63, 3.8) is 0 Å². The van der Waals surface area contributed by atoms with Crippen molar-refractivity contribution in [1.29, 1.82) is 0 Å². The molecule has 0 radical (unpaired) electrons. The van der Waals surface area contributed by atoms with Gasteiger partial charge in [0.2, 0.25) is 0 Å². The van der Waals surface area contributed by atoms with Crippen molar-refractivity contribution in [2.75, 3.05) is 24.7 Å². The van der Waals surface area contributed by atoms with Crippen molar-refractivity contribution in [3.8, 4) is 0 Å². The van der Waals surface area contributed by atoms with Crippen molar-refractivity contribution < 1.29 is 8.42 Å². The van der Waals surface area contributed by atoms with E-state index in [-0.39, 0.29) is 5.75 Å². The van der Waals surface area contributed by atoms with E-state index in [0.29, 0.717) is 19.0 Å². The van der Waals surface area contributed by atoms with Gasteiger partial charge in [0.05, 0.1) is 10.5 Å². The number of hydrogen-bond acceptors (Lipinski definition) is 3. The summed E-state index contributed by atoms with van der Waals surface area (Å²) in [5.74, 6) is 0.683. The number of sulfone groups is 1. The Morgan fingerprint density at radius 2 is 1.77 bits per heavy atom. The largest absolute Gasteiger partial charge is 0.315 e. The van der Waals surface area contributed by atoms with E-state index in [1.165, 1.54) is 0 Å². The van der Waals surface area contributed by atoms with Gasteiger partial charge in [0.25, 0.3) is 0 Å². The standard InChI is InChI=1S/C8H18ClNO2S/c1-8(2,3)13(11,12)7-6-10-5-4-9/h10H,4-7H2,1-3H3. The molecule has 0 aliphatic rings. The van der Waals surface area contributed by atoms with E-state index >= 15 is 0 Å². The van der Waals surface area contributed by atoms with Gasteiger partial charge in [-0.25, -0.2) is 8.42 Å². The first-order valence-corrected chi connectivity index (χ1v) is 6.49. The predicted molar refractivity (Wildman–Crippen MR) is 57.1 cm³/mol. The topological polar surface area (TPSA) is 46.2 Å². The van der Waals surface area contributed by atoms with Crippen molar-refractivity contribution >= 4 is 21.4 Å². The summed E-state index contributed by atoms with van der Waals surface area (Å²) in [4.78, 5) is 0. The van der Waals surface area contributed by atoms with Crippen LogP contribution in [0.25, 0.3) is 0 Å². The fraction of sp³-hybridized carbons (Fsp3) is 1.00. The van der Waals surface area contributed by atoms with E-state index in [9.17, 15) is 8.42 Å². The summed E-state index contributed by atoms with van der Waals surface area (Å²) >= 11 is 5.43. The van der Waals surface area contributed by atoms with Gasteiger partial charge < -0.3 is 5.32 Å². The molecule has 0 unspecified atom stereocenters. The summed E-state index contributed by atoms with van der Waals surface area (Å²) in [5.41, 5.74) is 0. The van der Waals surface area contributed by atoms with Crippen LogP contribution in [-0.4, -0.2) is 37.9 Å². The second-order valence-electron chi connectivity index (χ2n) is 3.87. The highest BCUT2D eigenvalue weighted by molar-refractivity contribution is 7.92. The summed E-state index contributed by atoms with van der Waals surface area (Å²) in [6.45, 7) is 6.27. The molecule has 1 N–H and O–H groups in total. The lowest BCUT2D eigenvalue weighted by atomic mass is 10.3. The number of rotatable bonds is 5. The molecular weight excluding hydrogens is 210 g/mol. The van der Waals surface area contributed by atoms with Crippen LogP contribution < -0.4 is 5.32 Å². The molecule has 0 atom stereocenters. The summed E-state index contributed by atoms with van der Waals surface area (Å²) in [6.07, 6.45) is 0. The highest BCUT2D eigenvalue weighted by Gasteiger charge is 2.27. The number of nitrogens with one attached hydrogen (secondary N) is 1. The SMILES string of the molecule is CC(C)(C)S(=O)(=O)CCNCCCl. The molecule has 80 valence electrons. The van der Waals surface area contributed by atoms with Crippen molar-refractivity contribution in [3.05, 3.63) is 0 Å². The average Bonchev–Trinajstić information content (AvgIpc) is 1.96. The third-order valence-electron chi connectivity index (χ3n) is 1.75. The summed E-state index contributed by atoms with van der Waals surface area (Å²) < 4.78 is 22.4. The van der Waals surface area contributed by atoms with E-state index in [2.05, 4.69) is 5.32 Å². The molecule has 0 saturated heterocycles. The average molecular weight is 228 g/mol. The minimum Gasteiger partial charge on any atom is -0.315 e. The third kappa shape index (κ3) is 4.84. The van der Waals surface area contributed by atoms with E-state index < -0.39 is 14.6 Å². The molecule has 0 aromatic carbocycles. The van der Waals surface area contributed by atoms with Crippen LogP contribution in [0.15, 0.2) is 0 Å². The number of alkyl halides is 1. The first-order valence-electron chi connectivity index (χ1n) is 4.30. The van der Waals surface area contributed by atoms with E-state index in [0.717, 1.165) is 0 Å². The zero-order chi connectivity index (χ0) is 10.5. The van der Waals surface area contributed by atoms with Crippen LogP contribution in [0.3, 0.4) is 0 Å². The zero-order valence-corrected chi connectivity index (χ0v) is 10.0. The highest BCUT2D eigenvalue weighted by Crippen LogP contribution is 2.14. The molecule has 0 amide bonds. The van der Waals surface area contributed by atoms with Crippen molar-refractivity contribution in [2.24, 2.45) is 0 Å². The molecule has 5 heteroatoms. The lowest BCUT2D eigenvalue weighted by Crippen LogP contribution is -2.35. The molecule has 0 aromatic heterocycles. The predicted octanol–water partition coefficient (Wildman–Crippen LogP) is 1.03. The molecule has 0 saturated carbocycles. The maximum absolute atomic E-state index is 11.5. The minimum atomic E-state index is -2.98. The molecule has 3 nitrogen and oxygen atoms in total. The van der Waals surface area contributed by atoms with Gasteiger partial charge in [-0.2, -0.15) is 0 Å². The van der Waals surface area contributed by atoms with Crippen LogP contribution in [0.4, 0.5) is 0 Å². The smallest absolute Gasteiger partial charge is 0.156 e. The Kier molecular flexibility index (Phi) is 5.25. The van der Waals surface area contributed by atoms with Crippen LogP contribution in [0, 0.1) is 0 Å². The van der Waals surface area contributed by atoms with Gasteiger partial charge in [0.1, 0.15) is 0 Å². The van der Waals surface area contributed by atoms with Crippen LogP contribution >= 0.6 is 11.6 Å². The quantitative estimate of drug-likeness (QED) is 0.564. The molecule has 0 fully saturated rings. The van der Waals surface area contributed by atoms with Crippen LogP contribution in [0.5, 0.6) is 0 Å². The molecule has 0 aliphatic carbocycles. The minimum absolute atomic E-state index is 0.174. The first-order chi connectivity index (χ1) is 5.81. The van der Waals surface area contributed by atoms with Gasteiger partial charge >= 0.3 is 0 Å². The van der Waals surface area contributed by atoms with E-state index in [1.807, 2.05) is 0 Å². The fourth-order valence-corrected chi connectivity index (χ4v) is 1.86. The first kappa shape index (κ1) is 13.2. The van der Waals surface area contributed by atoms with Crippen LogP contribution in [0.1, 0.15) is 20.8 Å². The Balaban J connectivity index is 3.92. The highest BCUT2D eigenvalue weighted by atomic mass is 35.5. The fourth-order valence-electron chi connectivity index (χ4n) is 0.705. The third-order valence-corrected chi connectivity index (χ3v) is 4.55. The maximum Gasteiger partial charge on any atom is 0.156 e. The molecule has 0 aromatic rings. The van der Waals surface area contributed by atoms with Gasteiger partial charge in [-0.1, -0.05) is 0 Å². The molecular formula is C8H18ClNO2S. The number of halogens is 1. The van der Waals surface area contributed by atoms with Crippen molar-refractivity contribution in [1.82, 2.24) is 5.32 Å². The zero-order valence-electron chi connectivity index (χ0n) is 8.43. The molecule has 0 heterocycles. The molecule has 0 aliphatic heterocycles. The molecule has 13 heavy (non-hydrogen) atoms. The molecule has 0 bridgehead atoms. The number of hydrogen-bond donors (Lipinski definition) is 1. The van der Waals surface area contributed by atoms with Gasteiger partial charge in [0, 0.05) is 19.0 Å². The van der Waals surface area contributed by atoms with Gasteiger partial charge in [-0.3, -0.25) is 0 Å². The van der Waals surface area contributed by atoms with Gasteiger partial charge in [0.15, 0.2) is 9.84 Å². The maximum atomic E-state index is 11.5. The Morgan fingerprint density at radius 1 is 1.23 bits per heavy atom. The summed E-state index contributed by atoms with van der Waals surface area (Å²) in [7, 11) is -2.98. The van der Waals surface area contributed by atoms with Crippen molar-refractivity contribution in [2.45, 2.75) is 25.5 Å². The molecule has 0 spiro atoms. The monoisotopic (exact) mass is 227 g/mol. The second-order valence-corrected chi connectivity index (χ2v) is 7.11. The Bertz CT molecular complexity index is 231. The summed E-state index contributed by atoms with van der Waals surface area (Å²) in [6, 6.07) is 0. The van der Waals surface area contributed by atoms with Crippen LogP contribution in [0.2, 0.25) is 0 Å². The normalized spacial score (nSPS) is 13.2. The van der Waals surface area contributed by atoms with Crippen LogP contribution in [-0.2, 0) is 9.84 Å². The Morgan fingerprint density at radius 3 is 2.15 bits per heavy atom. The Labute approximate surface area is 85.8 Å². The Hall–Kier alpha value is 0.200. The van der Waals surface area contributed by atoms with Gasteiger partial charge in [-0.15, -0.1) is 11.6 Å². The molecule has 0 rings (SSSR count). The van der Waals surface area contributed by atoms with E-state index in [4.69, 9.17) is 11.6 Å². The van der Waals surface area contributed by atoms with Gasteiger partial charge in [-0.05, 0) is 20.8 Å². The lowest BCUT2D eigenvalue weighted by molar-refractivity contribution is 0.557. The van der Waals surface area contributed by atoms with E-state index in [1.54, 1.807) is 20.8 Å². The second kappa shape index (κ2) is 5.17.